The average Bonchev–Trinajstić information content (AvgIpc) is 3.03. The lowest BCUT2D eigenvalue weighted by molar-refractivity contribution is -0.137. The van der Waals surface area contributed by atoms with Crippen LogP contribution in [-0.4, -0.2) is 46.0 Å². The number of likely N-dealkylation sites (tertiary alicyclic amines) is 1. The highest BCUT2D eigenvalue weighted by Gasteiger charge is 2.23. The van der Waals surface area contributed by atoms with Gasteiger partial charge in [-0.3, -0.25) is 14.4 Å². The zero-order valence-corrected chi connectivity index (χ0v) is 14.2. The summed E-state index contributed by atoms with van der Waals surface area (Å²) in [5, 5.41) is 13.2. The molecule has 1 aromatic heterocycles. The van der Waals surface area contributed by atoms with Crippen LogP contribution in [0.25, 0.3) is 0 Å². The van der Waals surface area contributed by atoms with Gasteiger partial charge in [-0.1, -0.05) is 6.07 Å². The first-order chi connectivity index (χ1) is 12.0. The van der Waals surface area contributed by atoms with Gasteiger partial charge in [0.05, 0.1) is 12.8 Å². The Morgan fingerprint density at radius 2 is 2.28 bits per heavy atom. The Kier molecular flexibility index (Phi) is 5.33. The second-order valence-electron chi connectivity index (χ2n) is 6.38. The van der Waals surface area contributed by atoms with Crippen molar-refractivity contribution < 1.29 is 19.0 Å². The standard InChI is InChI=1S/C18H22FN3O3/c1-25-17-5-4-13(9-15(17)19)10-21-7-2-3-14(11-21)16-6-8-22(20-16)12-18(23)24/h4-6,8-9,14H,2-3,7,10-12H2,1H3,(H,23,24)/t14-/m0/s1. The normalized spacial score (nSPS) is 18.2. The molecule has 2 aromatic rings. The minimum Gasteiger partial charge on any atom is -0.494 e. The molecule has 1 N–H and O–H groups in total. The molecule has 0 unspecified atom stereocenters. The molecule has 0 saturated carbocycles. The first-order valence-corrected chi connectivity index (χ1v) is 8.35. The Morgan fingerprint density at radius 3 is 3.00 bits per heavy atom. The molecule has 1 saturated heterocycles. The molecule has 134 valence electrons. The number of carboxylic acid groups (broad SMARTS) is 1. The van der Waals surface area contributed by atoms with E-state index in [4.69, 9.17) is 9.84 Å². The molecule has 1 aromatic carbocycles. The van der Waals surface area contributed by atoms with Crippen LogP contribution in [0.2, 0.25) is 0 Å². The number of carboxylic acids is 1. The summed E-state index contributed by atoms with van der Waals surface area (Å²) >= 11 is 0. The number of methoxy groups -OCH3 is 1. The highest BCUT2D eigenvalue weighted by molar-refractivity contribution is 5.66. The van der Waals surface area contributed by atoms with E-state index in [1.807, 2.05) is 12.1 Å². The highest BCUT2D eigenvalue weighted by atomic mass is 19.1. The van der Waals surface area contributed by atoms with Crippen molar-refractivity contribution in [3.8, 4) is 5.75 Å². The topological polar surface area (TPSA) is 67.6 Å². The second kappa shape index (κ2) is 7.65. The second-order valence-corrected chi connectivity index (χ2v) is 6.38. The molecule has 3 rings (SSSR count). The van der Waals surface area contributed by atoms with Crippen LogP contribution in [0, 0.1) is 5.82 Å². The molecule has 25 heavy (non-hydrogen) atoms. The first kappa shape index (κ1) is 17.4. The lowest BCUT2D eigenvalue weighted by atomic mass is 9.94. The molecule has 7 heteroatoms. The van der Waals surface area contributed by atoms with Gasteiger partial charge in [0.1, 0.15) is 6.54 Å². The third-order valence-corrected chi connectivity index (χ3v) is 4.50. The van der Waals surface area contributed by atoms with Crippen LogP contribution < -0.4 is 4.74 Å². The number of ether oxygens (including phenoxy) is 1. The molecule has 0 radical (unpaired) electrons. The molecule has 1 atom stereocenters. The number of rotatable bonds is 6. The summed E-state index contributed by atoms with van der Waals surface area (Å²) in [6.07, 6.45) is 3.77. The van der Waals surface area contributed by atoms with Crippen LogP contribution in [0.5, 0.6) is 5.75 Å². The number of nitrogens with zero attached hydrogens (tertiary/aromatic N) is 3. The van der Waals surface area contributed by atoms with Crippen molar-refractivity contribution in [2.75, 3.05) is 20.2 Å². The largest absolute Gasteiger partial charge is 0.494 e. The van der Waals surface area contributed by atoms with Crippen molar-refractivity contribution in [1.29, 1.82) is 0 Å². The van der Waals surface area contributed by atoms with E-state index in [0.29, 0.717) is 6.54 Å². The maximum absolute atomic E-state index is 13.8. The van der Waals surface area contributed by atoms with E-state index in [-0.39, 0.29) is 24.0 Å². The summed E-state index contributed by atoms with van der Waals surface area (Å²) < 4.78 is 20.3. The van der Waals surface area contributed by atoms with Crippen molar-refractivity contribution in [2.45, 2.75) is 31.8 Å². The molecule has 0 spiro atoms. The number of carbonyl (C=O) groups is 1. The highest BCUT2D eigenvalue weighted by Crippen LogP contribution is 2.27. The Balaban J connectivity index is 1.64. The third kappa shape index (κ3) is 4.36. The van der Waals surface area contributed by atoms with Crippen molar-refractivity contribution in [3.63, 3.8) is 0 Å². The van der Waals surface area contributed by atoms with E-state index in [1.165, 1.54) is 17.9 Å². The van der Waals surface area contributed by atoms with Gasteiger partial charge in [-0.2, -0.15) is 5.10 Å². The number of aliphatic carboxylic acids is 1. The van der Waals surface area contributed by atoms with Crippen LogP contribution in [-0.2, 0) is 17.9 Å². The molecule has 0 bridgehead atoms. The Hall–Kier alpha value is -2.41. The number of benzene rings is 1. The summed E-state index contributed by atoms with van der Waals surface area (Å²) in [5.74, 6) is -0.724. The maximum Gasteiger partial charge on any atom is 0.325 e. The first-order valence-electron chi connectivity index (χ1n) is 8.35. The maximum atomic E-state index is 13.8. The van der Waals surface area contributed by atoms with Gasteiger partial charge in [-0.25, -0.2) is 4.39 Å². The van der Waals surface area contributed by atoms with Gasteiger partial charge >= 0.3 is 5.97 Å². The molecule has 0 aliphatic carbocycles. The molecule has 2 heterocycles. The predicted octanol–water partition coefficient (Wildman–Crippen LogP) is 2.50. The summed E-state index contributed by atoms with van der Waals surface area (Å²) in [4.78, 5) is 13.1. The molecule has 6 nitrogen and oxygen atoms in total. The van der Waals surface area contributed by atoms with Gasteiger partial charge in [0, 0.05) is 25.2 Å². The van der Waals surface area contributed by atoms with Crippen LogP contribution in [0.3, 0.4) is 0 Å². The van der Waals surface area contributed by atoms with Gasteiger partial charge in [-0.05, 0) is 43.1 Å². The van der Waals surface area contributed by atoms with Crippen molar-refractivity contribution in [2.24, 2.45) is 0 Å². The van der Waals surface area contributed by atoms with Gasteiger partial charge in [0.25, 0.3) is 0 Å². The fourth-order valence-electron chi connectivity index (χ4n) is 3.33. The quantitative estimate of drug-likeness (QED) is 0.870. The molecule has 1 aliphatic rings. The lowest BCUT2D eigenvalue weighted by Gasteiger charge is -2.32. The number of aromatic nitrogens is 2. The van der Waals surface area contributed by atoms with Gasteiger partial charge in [0.15, 0.2) is 11.6 Å². The van der Waals surface area contributed by atoms with Crippen LogP contribution in [0.4, 0.5) is 4.39 Å². The zero-order chi connectivity index (χ0) is 17.8. The van der Waals surface area contributed by atoms with Crippen molar-refractivity contribution in [3.05, 3.63) is 47.5 Å². The minimum atomic E-state index is -0.901. The van der Waals surface area contributed by atoms with E-state index in [2.05, 4.69) is 10.00 Å². The Labute approximate surface area is 145 Å². The van der Waals surface area contributed by atoms with E-state index in [9.17, 15) is 9.18 Å². The summed E-state index contributed by atoms with van der Waals surface area (Å²) in [7, 11) is 1.46. The predicted molar refractivity (Wildman–Crippen MR) is 90.1 cm³/mol. The van der Waals surface area contributed by atoms with E-state index in [0.717, 1.165) is 37.2 Å². The number of hydrogen-bond donors (Lipinski definition) is 1. The van der Waals surface area contributed by atoms with E-state index >= 15 is 0 Å². The van der Waals surface area contributed by atoms with Crippen LogP contribution in [0.15, 0.2) is 30.5 Å². The van der Waals surface area contributed by atoms with E-state index in [1.54, 1.807) is 12.3 Å². The molecule has 1 fully saturated rings. The number of halogens is 1. The minimum absolute atomic E-state index is 0.123. The molecular formula is C18H22FN3O3. The average molecular weight is 347 g/mol. The summed E-state index contributed by atoms with van der Waals surface area (Å²) in [5.41, 5.74) is 1.84. The SMILES string of the molecule is COc1ccc(CN2CCC[C@H](c3ccn(CC(=O)O)n3)C2)cc1F. The molecular weight excluding hydrogens is 325 g/mol. The number of piperidine rings is 1. The van der Waals surface area contributed by atoms with Gasteiger partial charge in [-0.15, -0.1) is 0 Å². The lowest BCUT2D eigenvalue weighted by Crippen LogP contribution is -2.34. The van der Waals surface area contributed by atoms with Crippen molar-refractivity contribution >= 4 is 5.97 Å². The Morgan fingerprint density at radius 1 is 1.44 bits per heavy atom. The summed E-state index contributed by atoms with van der Waals surface area (Å²) in [6, 6.07) is 6.95. The van der Waals surface area contributed by atoms with Gasteiger partial charge < -0.3 is 9.84 Å². The van der Waals surface area contributed by atoms with Crippen LogP contribution in [0.1, 0.15) is 30.0 Å². The monoisotopic (exact) mass is 347 g/mol. The third-order valence-electron chi connectivity index (χ3n) is 4.50. The van der Waals surface area contributed by atoms with Crippen molar-refractivity contribution in [1.82, 2.24) is 14.7 Å². The smallest absolute Gasteiger partial charge is 0.325 e. The molecule has 0 amide bonds. The fraction of sp³-hybridized carbons (Fsp3) is 0.444. The molecule has 1 aliphatic heterocycles. The zero-order valence-electron chi connectivity index (χ0n) is 14.2. The van der Waals surface area contributed by atoms with Crippen LogP contribution >= 0.6 is 0 Å². The Bertz CT molecular complexity index is 747. The summed E-state index contributed by atoms with van der Waals surface area (Å²) in [6.45, 7) is 2.34. The van der Waals surface area contributed by atoms with Gasteiger partial charge in [0.2, 0.25) is 0 Å². The van der Waals surface area contributed by atoms with E-state index < -0.39 is 5.97 Å². The fourth-order valence-corrected chi connectivity index (χ4v) is 3.33. The number of hydrogen-bond acceptors (Lipinski definition) is 4.